The monoisotopic (exact) mass is 967 g/mol. The lowest BCUT2D eigenvalue weighted by Gasteiger charge is -2.51. The van der Waals surface area contributed by atoms with Gasteiger partial charge in [0.05, 0.1) is 11.1 Å². The zero-order valence-corrected chi connectivity index (χ0v) is 43.5. The van der Waals surface area contributed by atoms with E-state index < -0.39 is 5.41 Å². The molecule has 0 amide bonds. The number of anilines is 3. The van der Waals surface area contributed by atoms with E-state index in [1.807, 2.05) is 0 Å². The van der Waals surface area contributed by atoms with Crippen molar-refractivity contribution in [2.24, 2.45) is 35.5 Å². The van der Waals surface area contributed by atoms with Crippen molar-refractivity contribution in [1.82, 2.24) is 4.48 Å². The van der Waals surface area contributed by atoms with Crippen molar-refractivity contribution >= 4 is 56.6 Å². The number of para-hydroxylation sites is 2. The number of benzene rings is 8. The number of nitrogens with zero attached hydrogens (tertiary/aromatic N) is 2. The summed E-state index contributed by atoms with van der Waals surface area (Å²) < 4.78 is 2.93. The molecule has 3 aliphatic heterocycles. The molecule has 3 heteroatoms. The molecule has 8 atom stereocenters. The van der Waals surface area contributed by atoms with Gasteiger partial charge in [0.15, 0.2) is 0 Å². The van der Waals surface area contributed by atoms with Crippen molar-refractivity contribution in [2.75, 3.05) is 4.90 Å². The summed E-state index contributed by atoms with van der Waals surface area (Å²) in [5, 5.41) is 3.03. The third-order valence-electron chi connectivity index (χ3n) is 23.5. The van der Waals surface area contributed by atoms with Crippen molar-refractivity contribution in [3.8, 4) is 22.3 Å². The van der Waals surface area contributed by atoms with E-state index in [0.29, 0.717) is 5.41 Å². The van der Waals surface area contributed by atoms with E-state index >= 15 is 0 Å². The molecule has 4 heterocycles. The highest BCUT2D eigenvalue weighted by Crippen LogP contribution is 2.66. The first-order chi connectivity index (χ1) is 36.8. The van der Waals surface area contributed by atoms with Gasteiger partial charge in [0.1, 0.15) is 0 Å². The van der Waals surface area contributed by atoms with Gasteiger partial charge in [0.2, 0.25) is 0 Å². The summed E-state index contributed by atoms with van der Waals surface area (Å²) in [5.41, 5.74) is 27.0. The van der Waals surface area contributed by atoms with Gasteiger partial charge in [-0.05, 0) is 232 Å². The molecule has 8 unspecified atom stereocenters. The molecule has 1 aromatic heterocycles. The van der Waals surface area contributed by atoms with Gasteiger partial charge in [-0.15, -0.1) is 0 Å². The van der Waals surface area contributed by atoms with E-state index in [0.717, 1.165) is 35.5 Å². The van der Waals surface area contributed by atoms with Crippen LogP contribution in [0.5, 0.6) is 0 Å². The topological polar surface area (TPSA) is 8.17 Å². The minimum Gasteiger partial charge on any atom is -0.375 e. The maximum absolute atomic E-state index is 2.93. The third kappa shape index (κ3) is 4.91. The number of aromatic nitrogens is 1. The molecule has 75 heavy (non-hydrogen) atoms. The minimum atomic E-state index is -0.558. The van der Waals surface area contributed by atoms with Crippen LogP contribution in [0.25, 0.3) is 44.1 Å². The molecule has 2 nitrogen and oxygen atoms in total. The molecule has 6 fully saturated rings. The Balaban J connectivity index is 0.973. The highest BCUT2D eigenvalue weighted by Gasteiger charge is 2.57. The van der Waals surface area contributed by atoms with Gasteiger partial charge in [-0.2, -0.15) is 0 Å². The number of rotatable bonds is 4. The van der Waals surface area contributed by atoms with Crippen LogP contribution in [0.15, 0.2) is 164 Å². The molecule has 364 valence electrons. The Kier molecular flexibility index (Phi) is 7.70. The van der Waals surface area contributed by atoms with Crippen LogP contribution in [0.4, 0.5) is 17.1 Å². The molecule has 6 saturated carbocycles. The van der Waals surface area contributed by atoms with Crippen molar-refractivity contribution in [2.45, 2.75) is 113 Å². The second kappa shape index (κ2) is 13.9. The number of fused-ring (bicyclic) bond motifs is 17. The quantitative estimate of drug-likeness (QED) is 0.160. The number of hydrogen-bond acceptors (Lipinski definition) is 1. The van der Waals surface area contributed by atoms with Gasteiger partial charge in [0, 0.05) is 44.2 Å². The van der Waals surface area contributed by atoms with E-state index in [1.54, 1.807) is 11.1 Å². The second-order valence-electron chi connectivity index (χ2n) is 27.0. The van der Waals surface area contributed by atoms with Crippen LogP contribution in [-0.4, -0.2) is 11.3 Å². The van der Waals surface area contributed by atoms with Gasteiger partial charge in [0.25, 0.3) is 0 Å². The van der Waals surface area contributed by atoms with Crippen molar-refractivity contribution in [3.63, 3.8) is 0 Å². The summed E-state index contributed by atoms with van der Waals surface area (Å²) in [7, 11) is 0. The summed E-state index contributed by atoms with van der Waals surface area (Å²) in [6.07, 6.45) is 17.0. The van der Waals surface area contributed by atoms with E-state index in [4.69, 9.17) is 0 Å². The van der Waals surface area contributed by atoms with Crippen molar-refractivity contribution in [1.29, 1.82) is 0 Å². The highest BCUT2D eigenvalue weighted by atomic mass is 15.2. The summed E-state index contributed by atoms with van der Waals surface area (Å²) in [6, 6.07) is 66.0. The minimum absolute atomic E-state index is 0.0250. The lowest BCUT2D eigenvalue weighted by molar-refractivity contribution is 0.139. The Labute approximate surface area is 442 Å². The average molecular weight is 967 g/mol. The second-order valence-corrected chi connectivity index (χ2v) is 27.0. The van der Waals surface area contributed by atoms with E-state index in [-0.39, 0.29) is 17.7 Å². The summed E-state index contributed by atoms with van der Waals surface area (Å²) in [6.45, 7) is 5.03. The van der Waals surface area contributed by atoms with Gasteiger partial charge < -0.3 is 9.38 Å². The molecule has 0 radical (unpaired) electrons. The maximum atomic E-state index is 2.93. The standard InChI is InChI=1S/C72H63BN2/c1-69(2)58-19-10-9-18-52(58)54-37-55-57-36-51(71-29-27-45-31-43(39-71)33-47(45)41-71)35-56-53-34-50(70-28-26-44-30-42(38-70)32-46(44)40-70)24-25-62(53)75(66(56)57)73-61-22-13-21-60-67(61)74(68(64(54)69)65(55)73)63-23-12-11-20-59(63)72(60,48-14-5-3-6-15-48)49-16-7-4-8-17-49/h3-25,34-37,42-47H,26-33,38-41H2,1-2H3. The van der Waals surface area contributed by atoms with Crippen LogP contribution in [0.1, 0.15) is 135 Å². The summed E-state index contributed by atoms with van der Waals surface area (Å²) >= 11 is 0. The molecule has 0 N–H and O–H groups in total. The molecule has 0 saturated heterocycles. The van der Waals surface area contributed by atoms with Crippen LogP contribution in [0.3, 0.4) is 0 Å². The summed E-state index contributed by atoms with van der Waals surface area (Å²) in [4.78, 5) is 2.83. The van der Waals surface area contributed by atoms with E-state index in [2.05, 4.69) is 187 Å². The van der Waals surface area contributed by atoms with Gasteiger partial charge in [-0.3, -0.25) is 0 Å². The molecule has 0 spiro atoms. The van der Waals surface area contributed by atoms with Gasteiger partial charge in [-0.1, -0.05) is 141 Å². The molecular formula is C72H63BN2. The fourth-order valence-corrected chi connectivity index (χ4v) is 20.9. The van der Waals surface area contributed by atoms with Gasteiger partial charge >= 0.3 is 6.85 Å². The highest BCUT2D eigenvalue weighted by molar-refractivity contribution is 6.90. The molecule has 8 aromatic carbocycles. The fraction of sp³-hybridized carbons (Fsp3) is 0.333. The first-order valence-electron chi connectivity index (χ1n) is 29.4. The zero-order valence-electron chi connectivity index (χ0n) is 43.5. The predicted molar refractivity (Wildman–Crippen MR) is 309 cm³/mol. The lowest BCUT2D eigenvalue weighted by Crippen LogP contribution is -2.59. The normalized spacial score (nSPS) is 29.4. The van der Waals surface area contributed by atoms with Crippen molar-refractivity contribution in [3.05, 3.63) is 208 Å². The van der Waals surface area contributed by atoms with Gasteiger partial charge in [-0.25, -0.2) is 0 Å². The Morgan fingerprint density at radius 1 is 0.467 bits per heavy atom. The molecule has 7 aliphatic carbocycles. The number of hydrogen-bond donors (Lipinski definition) is 0. The Morgan fingerprint density at radius 3 is 1.83 bits per heavy atom. The average Bonchev–Trinajstić information content (AvgIpc) is 4.28. The molecule has 6 bridgehead atoms. The smallest absolute Gasteiger partial charge is 0.333 e. The fourth-order valence-electron chi connectivity index (χ4n) is 20.9. The van der Waals surface area contributed by atoms with Crippen LogP contribution in [0.2, 0.25) is 0 Å². The lowest BCUT2D eigenvalue weighted by atomic mass is 9.43. The van der Waals surface area contributed by atoms with Crippen LogP contribution >= 0.6 is 0 Å². The van der Waals surface area contributed by atoms with Crippen LogP contribution in [0, 0.1) is 35.5 Å². The Morgan fingerprint density at radius 2 is 1.09 bits per heavy atom. The van der Waals surface area contributed by atoms with Crippen LogP contribution in [-0.2, 0) is 21.7 Å². The molecular weight excluding hydrogens is 904 g/mol. The van der Waals surface area contributed by atoms with Crippen LogP contribution < -0.4 is 15.8 Å². The summed E-state index contributed by atoms with van der Waals surface area (Å²) in [5.74, 6) is 5.53. The first-order valence-corrected chi connectivity index (χ1v) is 29.4. The third-order valence-corrected chi connectivity index (χ3v) is 23.5. The van der Waals surface area contributed by atoms with Crippen molar-refractivity contribution < 1.29 is 0 Å². The predicted octanol–water partition coefficient (Wildman–Crippen LogP) is 16.2. The Hall–Kier alpha value is -6.58. The molecule has 10 aliphatic rings. The molecule has 9 aromatic rings. The largest absolute Gasteiger partial charge is 0.375 e. The SMILES string of the molecule is CC1(C)c2ccccc2-c2cc3c4c(c21)N1c2ccccc2C(c2ccccc2)(c2ccccc2)c2cccc(c21)B4n1c2ccc(C45CCC6CC(CC6C4)C5)cc2c2cc(C45CCC6CC(CC6C4)C5)cc-3c21. The Bertz CT molecular complexity index is 3980. The molecule has 19 rings (SSSR count). The van der Waals surface area contributed by atoms with E-state index in [9.17, 15) is 0 Å². The zero-order chi connectivity index (χ0) is 48.9. The van der Waals surface area contributed by atoms with E-state index in [1.165, 1.54) is 182 Å². The first kappa shape index (κ1) is 41.6. The maximum Gasteiger partial charge on any atom is 0.333 e.